The molecule has 0 aliphatic rings. The van der Waals surface area contributed by atoms with E-state index in [1.54, 1.807) is 19.2 Å². The lowest BCUT2D eigenvalue weighted by molar-refractivity contribution is 0.375. The first-order valence-corrected chi connectivity index (χ1v) is 7.99. The summed E-state index contributed by atoms with van der Waals surface area (Å²) >= 11 is 5.97. The molecule has 2 N–H and O–H groups in total. The monoisotopic (exact) mass is 335 g/mol. The first-order valence-electron chi connectivity index (χ1n) is 7.61. The molecule has 0 saturated heterocycles. The van der Waals surface area contributed by atoms with Crippen LogP contribution in [-0.4, -0.2) is 29.7 Å². The highest BCUT2D eigenvalue weighted by molar-refractivity contribution is 6.30. The van der Waals surface area contributed by atoms with Crippen molar-refractivity contribution >= 4 is 17.6 Å². The molecule has 124 valence electrons. The molecule has 0 aliphatic carbocycles. The van der Waals surface area contributed by atoms with Gasteiger partial charge in [0, 0.05) is 24.2 Å². The van der Waals surface area contributed by atoms with Crippen molar-refractivity contribution in [1.82, 2.24) is 20.8 Å². The Hall–Kier alpha value is -2.08. The van der Waals surface area contributed by atoms with Gasteiger partial charge in [0.1, 0.15) is 0 Å². The summed E-state index contributed by atoms with van der Waals surface area (Å²) < 4.78 is 5.25. The van der Waals surface area contributed by atoms with Crippen LogP contribution >= 0.6 is 11.6 Å². The van der Waals surface area contributed by atoms with Gasteiger partial charge in [0.2, 0.25) is 11.7 Å². The van der Waals surface area contributed by atoms with Crippen molar-refractivity contribution in [3.8, 4) is 11.4 Å². The number of hydrogen-bond donors (Lipinski definition) is 2. The number of aromatic nitrogens is 2. The molecule has 0 fully saturated rings. The fraction of sp³-hybridized carbons (Fsp3) is 0.438. The molecule has 7 heteroatoms. The van der Waals surface area contributed by atoms with Gasteiger partial charge < -0.3 is 15.2 Å². The molecule has 1 heterocycles. The predicted molar refractivity (Wildman–Crippen MR) is 92.4 cm³/mol. The van der Waals surface area contributed by atoms with Gasteiger partial charge in [-0.05, 0) is 24.5 Å². The minimum Gasteiger partial charge on any atom is -0.356 e. The fourth-order valence-electron chi connectivity index (χ4n) is 1.93. The first kappa shape index (κ1) is 17.3. The average molecular weight is 336 g/mol. The summed E-state index contributed by atoms with van der Waals surface area (Å²) in [5.74, 6) is 2.38. The largest absolute Gasteiger partial charge is 0.356 e. The van der Waals surface area contributed by atoms with Crippen molar-refractivity contribution in [2.45, 2.75) is 26.8 Å². The Labute approximate surface area is 141 Å². The number of guanidine groups is 1. The molecule has 0 spiro atoms. The maximum Gasteiger partial charge on any atom is 0.246 e. The molecule has 0 bridgehead atoms. The van der Waals surface area contributed by atoms with Gasteiger partial charge in [-0.25, -0.2) is 0 Å². The average Bonchev–Trinajstić information content (AvgIpc) is 2.99. The lowest BCUT2D eigenvalue weighted by Crippen LogP contribution is -2.37. The molecule has 1 aromatic carbocycles. The lowest BCUT2D eigenvalue weighted by atomic mass is 10.1. The number of aliphatic imine (C=N–C) groups is 1. The Kier molecular flexibility index (Phi) is 6.40. The van der Waals surface area contributed by atoms with Crippen molar-refractivity contribution in [2.75, 3.05) is 13.6 Å². The molecule has 0 unspecified atom stereocenters. The van der Waals surface area contributed by atoms with E-state index in [9.17, 15) is 0 Å². The first-order chi connectivity index (χ1) is 11.1. The minimum atomic E-state index is 0.412. The van der Waals surface area contributed by atoms with Crippen molar-refractivity contribution in [2.24, 2.45) is 10.9 Å². The van der Waals surface area contributed by atoms with Crippen molar-refractivity contribution in [1.29, 1.82) is 0 Å². The Morgan fingerprint density at radius 1 is 1.35 bits per heavy atom. The van der Waals surface area contributed by atoms with E-state index in [2.05, 4.69) is 39.6 Å². The van der Waals surface area contributed by atoms with Crippen LogP contribution in [0.2, 0.25) is 5.02 Å². The number of benzene rings is 1. The number of nitrogens with zero attached hydrogens (tertiary/aromatic N) is 3. The second kappa shape index (κ2) is 8.53. The molecule has 23 heavy (non-hydrogen) atoms. The standard InChI is InChI=1S/C16H22ClN5O/c1-11(2)7-8-19-16(18-3)20-10-14-21-15(22-23-14)12-5-4-6-13(17)9-12/h4-6,9,11H,7-8,10H2,1-3H3,(H2,18,19,20). The molecule has 0 aliphatic heterocycles. The number of nitrogens with one attached hydrogen (secondary N) is 2. The summed E-state index contributed by atoms with van der Waals surface area (Å²) in [7, 11) is 1.73. The highest BCUT2D eigenvalue weighted by Crippen LogP contribution is 2.19. The van der Waals surface area contributed by atoms with E-state index in [1.807, 2.05) is 12.1 Å². The molecule has 1 aromatic heterocycles. The predicted octanol–water partition coefficient (Wildman–Crippen LogP) is 3.10. The summed E-state index contributed by atoms with van der Waals surface area (Å²) in [6, 6.07) is 7.35. The lowest BCUT2D eigenvalue weighted by Gasteiger charge is -2.11. The summed E-state index contributed by atoms with van der Waals surface area (Å²) in [6.07, 6.45) is 1.08. The number of rotatable bonds is 6. The van der Waals surface area contributed by atoms with Gasteiger partial charge in [0.05, 0.1) is 6.54 Å². The second-order valence-electron chi connectivity index (χ2n) is 5.56. The van der Waals surface area contributed by atoms with E-state index in [0.29, 0.717) is 35.2 Å². The maximum absolute atomic E-state index is 5.97. The van der Waals surface area contributed by atoms with Crippen LogP contribution in [0.3, 0.4) is 0 Å². The molecule has 0 amide bonds. The summed E-state index contributed by atoms with van der Waals surface area (Å²) in [5.41, 5.74) is 0.826. The summed E-state index contributed by atoms with van der Waals surface area (Å²) in [5, 5.41) is 11.0. The van der Waals surface area contributed by atoms with Crippen LogP contribution in [0.15, 0.2) is 33.8 Å². The van der Waals surface area contributed by atoms with Crippen LogP contribution in [0.25, 0.3) is 11.4 Å². The third-order valence-electron chi connectivity index (χ3n) is 3.20. The van der Waals surface area contributed by atoms with Gasteiger partial charge in [-0.15, -0.1) is 0 Å². The zero-order valence-corrected chi connectivity index (χ0v) is 14.4. The van der Waals surface area contributed by atoms with E-state index < -0.39 is 0 Å². The van der Waals surface area contributed by atoms with Gasteiger partial charge >= 0.3 is 0 Å². The third-order valence-corrected chi connectivity index (χ3v) is 3.43. The Balaban J connectivity index is 1.89. The van der Waals surface area contributed by atoms with Gasteiger partial charge in [-0.2, -0.15) is 4.98 Å². The SMILES string of the molecule is CN=C(NCCC(C)C)NCc1nc(-c2cccc(Cl)c2)no1. The Bertz CT molecular complexity index is 653. The van der Waals surface area contributed by atoms with E-state index in [1.165, 1.54) is 0 Å². The van der Waals surface area contributed by atoms with Crippen LogP contribution in [0, 0.1) is 5.92 Å². The minimum absolute atomic E-state index is 0.412. The maximum atomic E-state index is 5.97. The molecule has 0 saturated carbocycles. The Morgan fingerprint density at radius 3 is 2.87 bits per heavy atom. The fourth-order valence-corrected chi connectivity index (χ4v) is 2.12. The third kappa shape index (κ3) is 5.56. The van der Waals surface area contributed by atoms with Crippen molar-refractivity contribution in [3.05, 3.63) is 35.2 Å². The summed E-state index contributed by atoms with van der Waals surface area (Å²) in [4.78, 5) is 8.52. The molecule has 6 nitrogen and oxygen atoms in total. The molecular formula is C16H22ClN5O. The highest BCUT2D eigenvalue weighted by atomic mass is 35.5. The van der Waals surface area contributed by atoms with E-state index in [-0.39, 0.29) is 0 Å². The normalized spacial score (nSPS) is 11.8. The van der Waals surface area contributed by atoms with Gasteiger partial charge in [0.15, 0.2) is 5.96 Å². The van der Waals surface area contributed by atoms with Crippen LogP contribution < -0.4 is 10.6 Å². The van der Waals surface area contributed by atoms with E-state index >= 15 is 0 Å². The van der Waals surface area contributed by atoms with E-state index in [0.717, 1.165) is 18.5 Å². The second-order valence-corrected chi connectivity index (χ2v) is 5.99. The molecule has 0 atom stereocenters. The smallest absolute Gasteiger partial charge is 0.246 e. The zero-order valence-electron chi connectivity index (χ0n) is 13.6. The van der Waals surface area contributed by atoms with Gasteiger partial charge in [-0.1, -0.05) is 42.7 Å². The van der Waals surface area contributed by atoms with Crippen LogP contribution in [0.1, 0.15) is 26.2 Å². The van der Waals surface area contributed by atoms with Gasteiger partial charge in [-0.3, -0.25) is 4.99 Å². The van der Waals surface area contributed by atoms with Crippen molar-refractivity contribution < 1.29 is 4.52 Å². The number of halogens is 1. The topological polar surface area (TPSA) is 75.3 Å². The van der Waals surface area contributed by atoms with Gasteiger partial charge in [0.25, 0.3) is 0 Å². The van der Waals surface area contributed by atoms with Crippen LogP contribution in [-0.2, 0) is 6.54 Å². The quantitative estimate of drug-likeness (QED) is 0.626. The molecule has 0 radical (unpaired) electrons. The van der Waals surface area contributed by atoms with Crippen molar-refractivity contribution in [3.63, 3.8) is 0 Å². The molecular weight excluding hydrogens is 314 g/mol. The van der Waals surface area contributed by atoms with Crippen LogP contribution in [0.4, 0.5) is 0 Å². The molecule has 2 aromatic rings. The highest BCUT2D eigenvalue weighted by Gasteiger charge is 2.09. The summed E-state index contributed by atoms with van der Waals surface area (Å²) in [6.45, 7) is 5.66. The Morgan fingerprint density at radius 2 is 2.17 bits per heavy atom. The van der Waals surface area contributed by atoms with Crippen LogP contribution in [0.5, 0.6) is 0 Å². The van der Waals surface area contributed by atoms with E-state index in [4.69, 9.17) is 16.1 Å². The number of hydrogen-bond acceptors (Lipinski definition) is 4. The zero-order chi connectivity index (χ0) is 16.7. The molecule has 2 rings (SSSR count).